The van der Waals surface area contributed by atoms with Crippen molar-refractivity contribution < 1.29 is 19.0 Å². The number of hydrogen-bond donors (Lipinski definition) is 0. The fraction of sp³-hybridized carbons (Fsp3) is 0.643. The van der Waals surface area contributed by atoms with Crippen LogP contribution in [-0.2, 0) is 19.0 Å². The molecule has 0 radical (unpaired) electrons. The van der Waals surface area contributed by atoms with Crippen molar-refractivity contribution >= 4 is 28.6 Å². The van der Waals surface area contributed by atoms with Gasteiger partial charge in [0.05, 0.1) is 20.3 Å². The van der Waals surface area contributed by atoms with Gasteiger partial charge in [-0.2, -0.15) is 0 Å². The van der Waals surface area contributed by atoms with Crippen LogP contribution >= 0.6 is 22.6 Å². The second-order valence-corrected chi connectivity index (χ2v) is 5.36. The smallest absolute Gasteiger partial charge is 0.316 e. The van der Waals surface area contributed by atoms with Crippen molar-refractivity contribution in [2.45, 2.75) is 26.1 Å². The zero-order chi connectivity index (χ0) is 14.7. The Morgan fingerprint density at radius 1 is 1.32 bits per heavy atom. The van der Waals surface area contributed by atoms with Crippen LogP contribution in [0.25, 0.3) is 0 Å². The topological polar surface area (TPSA) is 44.8 Å². The number of alkyl halides is 1. The minimum absolute atomic E-state index is 0.318. The van der Waals surface area contributed by atoms with Crippen LogP contribution in [0.1, 0.15) is 19.8 Å². The molecule has 0 heterocycles. The van der Waals surface area contributed by atoms with E-state index >= 15 is 0 Å². The summed E-state index contributed by atoms with van der Waals surface area (Å²) in [6.45, 7) is 9.65. The van der Waals surface area contributed by atoms with E-state index in [-0.39, 0.29) is 5.97 Å². The Morgan fingerprint density at radius 3 is 2.21 bits per heavy atom. The van der Waals surface area contributed by atoms with Crippen molar-refractivity contribution in [2.75, 3.05) is 24.8 Å². The molecule has 0 aliphatic rings. The van der Waals surface area contributed by atoms with Gasteiger partial charge in [-0.3, -0.25) is 4.79 Å². The number of carbonyl (C=O) groups excluding carboxylic acids is 1. The summed E-state index contributed by atoms with van der Waals surface area (Å²) in [6.07, 6.45) is 4.11. The maximum atomic E-state index is 12.1. The summed E-state index contributed by atoms with van der Waals surface area (Å²) >= 11 is 2.28. The summed E-state index contributed by atoms with van der Waals surface area (Å²) in [5.41, 5.74) is -0.827. The van der Waals surface area contributed by atoms with Gasteiger partial charge in [0.25, 0.3) is 0 Å². The molecule has 0 aromatic heterocycles. The molecule has 0 aliphatic heterocycles. The first-order valence-corrected chi connectivity index (χ1v) is 7.68. The predicted octanol–water partition coefficient (Wildman–Crippen LogP) is 3.11. The van der Waals surface area contributed by atoms with Crippen molar-refractivity contribution in [3.05, 3.63) is 25.3 Å². The third-order valence-electron chi connectivity index (χ3n) is 2.73. The number of carbonyl (C=O) groups is 1. The molecule has 1 unspecified atom stereocenters. The zero-order valence-electron chi connectivity index (χ0n) is 11.7. The molecule has 0 bridgehead atoms. The summed E-state index contributed by atoms with van der Waals surface area (Å²) in [5.74, 6) is -0.324. The number of esters is 1. The van der Waals surface area contributed by atoms with Crippen LogP contribution in [0.4, 0.5) is 0 Å². The summed E-state index contributed by atoms with van der Waals surface area (Å²) in [6, 6.07) is 0. The highest BCUT2D eigenvalue weighted by molar-refractivity contribution is 14.1. The van der Waals surface area contributed by atoms with Crippen LogP contribution in [0.3, 0.4) is 0 Å². The summed E-state index contributed by atoms with van der Waals surface area (Å²) in [7, 11) is 1.38. The summed E-state index contributed by atoms with van der Waals surface area (Å²) in [5, 5.41) is 0. The average Bonchev–Trinajstić information content (AvgIpc) is 2.43. The van der Waals surface area contributed by atoms with Gasteiger partial charge < -0.3 is 14.2 Å². The van der Waals surface area contributed by atoms with E-state index in [1.165, 1.54) is 7.11 Å². The van der Waals surface area contributed by atoms with Crippen molar-refractivity contribution in [3.63, 3.8) is 0 Å². The minimum Gasteiger partial charge on any atom is -0.468 e. The molecule has 110 valence electrons. The predicted molar refractivity (Wildman–Crippen MR) is 84.3 cm³/mol. The molecule has 0 saturated carbocycles. The summed E-state index contributed by atoms with van der Waals surface area (Å²) in [4.78, 5) is 12.1. The normalized spacial score (nSPS) is 13.9. The van der Waals surface area contributed by atoms with Gasteiger partial charge in [0.2, 0.25) is 0 Å². The Balaban J connectivity index is 5.01. The molecule has 0 aromatic rings. The van der Waals surface area contributed by atoms with Gasteiger partial charge in [-0.25, -0.2) is 0 Å². The second-order valence-electron chi connectivity index (χ2n) is 4.28. The number of ether oxygens (including phenoxy) is 3. The molecule has 0 spiro atoms. The van der Waals surface area contributed by atoms with Crippen molar-refractivity contribution in [3.8, 4) is 0 Å². The van der Waals surface area contributed by atoms with Gasteiger partial charge in [-0.15, -0.1) is 13.2 Å². The third-order valence-corrected chi connectivity index (χ3v) is 3.50. The minimum atomic E-state index is -0.827. The maximum Gasteiger partial charge on any atom is 0.316 e. The van der Waals surface area contributed by atoms with E-state index < -0.39 is 11.7 Å². The SMILES string of the molecule is C=CCOC(OCC=C)C(C)(CCCI)C(=O)OC. The quantitative estimate of drug-likeness (QED) is 0.181. The van der Waals surface area contributed by atoms with E-state index in [4.69, 9.17) is 14.2 Å². The molecule has 0 aliphatic carbocycles. The Bertz CT molecular complexity index is 281. The fourth-order valence-corrected chi connectivity index (χ4v) is 2.09. The lowest BCUT2D eigenvalue weighted by atomic mass is 9.84. The number of hydrogen-bond acceptors (Lipinski definition) is 4. The van der Waals surface area contributed by atoms with Crippen LogP contribution in [0.15, 0.2) is 25.3 Å². The van der Waals surface area contributed by atoms with E-state index in [1.807, 2.05) is 6.92 Å². The Morgan fingerprint density at radius 2 is 1.84 bits per heavy atom. The van der Waals surface area contributed by atoms with Gasteiger partial charge >= 0.3 is 5.97 Å². The molecule has 1 atom stereocenters. The fourth-order valence-electron chi connectivity index (χ4n) is 1.71. The standard InChI is InChI=1S/C14H23IO4/c1-5-10-18-13(19-11-6-2)14(3,8-7-9-15)12(16)17-4/h5-6,13H,1-2,7-11H2,3-4H3. The lowest BCUT2D eigenvalue weighted by Gasteiger charge is -2.34. The Labute approximate surface area is 129 Å². The van der Waals surface area contributed by atoms with Gasteiger partial charge in [0.1, 0.15) is 5.41 Å². The van der Waals surface area contributed by atoms with Crippen molar-refractivity contribution in [2.24, 2.45) is 5.41 Å². The van der Waals surface area contributed by atoms with Crippen LogP contribution < -0.4 is 0 Å². The molecule has 0 rings (SSSR count). The molecule has 4 nitrogen and oxygen atoms in total. The van der Waals surface area contributed by atoms with Gasteiger partial charge in [-0.1, -0.05) is 34.7 Å². The number of halogens is 1. The largest absolute Gasteiger partial charge is 0.468 e. The lowest BCUT2D eigenvalue weighted by molar-refractivity contribution is -0.210. The van der Waals surface area contributed by atoms with Crippen LogP contribution in [0.2, 0.25) is 0 Å². The van der Waals surface area contributed by atoms with Crippen molar-refractivity contribution in [1.29, 1.82) is 0 Å². The first kappa shape index (κ1) is 18.6. The van der Waals surface area contributed by atoms with Crippen LogP contribution in [-0.4, -0.2) is 37.0 Å². The first-order chi connectivity index (χ1) is 9.06. The molecule has 5 heteroatoms. The van der Waals surface area contributed by atoms with Gasteiger partial charge in [-0.05, 0) is 24.2 Å². The summed E-state index contributed by atoms with van der Waals surface area (Å²) < 4.78 is 17.0. The maximum absolute atomic E-state index is 12.1. The zero-order valence-corrected chi connectivity index (χ0v) is 13.9. The highest BCUT2D eigenvalue weighted by Gasteiger charge is 2.43. The average molecular weight is 382 g/mol. The molecule has 0 saturated heterocycles. The Hall–Kier alpha value is -0.400. The van der Waals surface area contributed by atoms with Crippen LogP contribution in [0.5, 0.6) is 0 Å². The highest BCUT2D eigenvalue weighted by atomic mass is 127. The second kappa shape index (κ2) is 10.4. The number of rotatable bonds is 11. The molecule has 0 amide bonds. The lowest BCUT2D eigenvalue weighted by Crippen LogP contribution is -2.44. The van der Waals surface area contributed by atoms with E-state index in [2.05, 4.69) is 35.7 Å². The van der Waals surface area contributed by atoms with Gasteiger partial charge in [0.15, 0.2) is 6.29 Å². The highest BCUT2D eigenvalue weighted by Crippen LogP contribution is 2.32. The van der Waals surface area contributed by atoms with Crippen LogP contribution in [0, 0.1) is 5.41 Å². The monoisotopic (exact) mass is 382 g/mol. The molecular formula is C14H23IO4. The van der Waals surface area contributed by atoms with Crippen molar-refractivity contribution in [1.82, 2.24) is 0 Å². The van der Waals surface area contributed by atoms with E-state index in [1.54, 1.807) is 12.2 Å². The molecule has 0 fully saturated rings. The number of methoxy groups -OCH3 is 1. The van der Waals surface area contributed by atoms with E-state index in [9.17, 15) is 4.79 Å². The molecule has 0 N–H and O–H groups in total. The first-order valence-electron chi connectivity index (χ1n) is 6.16. The molecule has 0 aromatic carbocycles. The third kappa shape index (κ3) is 6.05. The molecule has 19 heavy (non-hydrogen) atoms. The molecular weight excluding hydrogens is 359 g/mol. The van der Waals surface area contributed by atoms with E-state index in [0.29, 0.717) is 19.6 Å². The van der Waals surface area contributed by atoms with E-state index in [0.717, 1.165) is 10.8 Å². The Kier molecular flexibility index (Phi) is 10.2. The van der Waals surface area contributed by atoms with Gasteiger partial charge in [0, 0.05) is 0 Å².